The SMILES string of the molecule is CCCCCCC#CCN(C)Cc1ccccc1. The summed E-state index contributed by atoms with van der Waals surface area (Å²) in [5, 5.41) is 0. The fourth-order valence-corrected chi connectivity index (χ4v) is 1.87. The van der Waals surface area contributed by atoms with Crippen LogP contribution in [0.2, 0.25) is 0 Å². The molecule has 1 aromatic carbocycles. The summed E-state index contributed by atoms with van der Waals surface area (Å²) in [5.74, 6) is 6.53. The summed E-state index contributed by atoms with van der Waals surface area (Å²) in [6.45, 7) is 4.08. The van der Waals surface area contributed by atoms with Crippen LogP contribution in [0, 0.1) is 11.8 Å². The molecular formula is C17H25N. The third kappa shape index (κ3) is 7.14. The highest BCUT2D eigenvalue weighted by molar-refractivity contribution is 5.14. The summed E-state index contributed by atoms with van der Waals surface area (Å²) in [4.78, 5) is 2.26. The van der Waals surface area contributed by atoms with E-state index < -0.39 is 0 Å². The van der Waals surface area contributed by atoms with E-state index in [1.54, 1.807) is 0 Å². The van der Waals surface area contributed by atoms with E-state index in [9.17, 15) is 0 Å². The van der Waals surface area contributed by atoms with E-state index in [1.165, 1.54) is 31.2 Å². The van der Waals surface area contributed by atoms with Crippen molar-refractivity contribution in [3.8, 4) is 11.8 Å². The zero-order valence-corrected chi connectivity index (χ0v) is 11.8. The van der Waals surface area contributed by atoms with Gasteiger partial charge in [-0.1, -0.05) is 62.4 Å². The summed E-state index contributed by atoms with van der Waals surface area (Å²) in [6.07, 6.45) is 6.27. The lowest BCUT2D eigenvalue weighted by Gasteiger charge is -2.12. The van der Waals surface area contributed by atoms with Crippen molar-refractivity contribution >= 4 is 0 Å². The van der Waals surface area contributed by atoms with Crippen LogP contribution in [-0.4, -0.2) is 18.5 Å². The molecule has 1 nitrogen and oxygen atoms in total. The van der Waals surface area contributed by atoms with Gasteiger partial charge in [-0.15, -0.1) is 5.92 Å². The van der Waals surface area contributed by atoms with Crippen molar-refractivity contribution < 1.29 is 0 Å². The fourth-order valence-electron chi connectivity index (χ4n) is 1.87. The van der Waals surface area contributed by atoms with Gasteiger partial charge in [-0.25, -0.2) is 0 Å². The molecule has 0 saturated heterocycles. The molecule has 0 saturated carbocycles. The monoisotopic (exact) mass is 243 g/mol. The minimum absolute atomic E-state index is 0.864. The van der Waals surface area contributed by atoms with E-state index >= 15 is 0 Å². The van der Waals surface area contributed by atoms with Gasteiger partial charge in [0.15, 0.2) is 0 Å². The predicted octanol–water partition coefficient (Wildman–Crippen LogP) is 4.09. The van der Waals surface area contributed by atoms with Gasteiger partial charge in [0.05, 0.1) is 6.54 Å². The lowest BCUT2D eigenvalue weighted by atomic mass is 10.1. The first-order valence-electron chi connectivity index (χ1n) is 7.01. The molecule has 0 aromatic heterocycles. The van der Waals surface area contributed by atoms with Crippen LogP contribution in [0.25, 0.3) is 0 Å². The van der Waals surface area contributed by atoms with E-state index in [-0.39, 0.29) is 0 Å². The van der Waals surface area contributed by atoms with Crippen molar-refractivity contribution in [2.24, 2.45) is 0 Å². The highest BCUT2D eigenvalue weighted by atomic mass is 15.1. The molecule has 0 unspecified atom stereocenters. The molecule has 0 heterocycles. The lowest BCUT2D eigenvalue weighted by Crippen LogP contribution is -2.17. The van der Waals surface area contributed by atoms with Gasteiger partial charge in [-0.3, -0.25) is 4.90 Å². The van der Waals surface area contributed by atoms with E-state index in [0.717, 1.165) is 19.5 Å². The van der Waals surface area contributed by atoms with Gasteiger partial charge < -0.3 is 0 Å². The van der Waals surface area contributed by atoms with Crippen LogP contribution in [0.4, 0.5) is 0 Å². The maximum Gasteiger partial charge on any atom is 0.0601 e. The van der Waals surface area contributed by atoms with Crippen LogP contribution >= 0.6 is 0 Å². The summed E-state index contributed by atoms with van der Waals surface area (Å²) < 4.78 is 0. The third-order valence-electron chi connectivity index (χ3n) is 2.92. The van der Waals surface area contributed by atoms with Gasteiger partial charge in [0.25, 0.3) is 0 Å². The molecule has 0 aliphatic carbocycles. The van der Waals surface area contributed by atoms with Crippen molar-refractivity contribution in [3.63, 3.8) is 0 Å². The Labute approximate surface area is 112 Å². The molecule has 1 rings (SSSR count). The molecule has 0 N–H and O–H groups in total. The normalized spacial score (nSPS) is 10.2. The van der Waals surface area contributed by atoms with Crippen molar-refractivity contribution in [2.75, 3.05) is 13.6 Å². The standard InChI is InChI=1S/C17H25N/c1-3-4-5-6-7-8-12-15-18(2)16-17-13-10-9-11-14-17/h9-11,13-14H,3-7,15-16H2,1-2H3. The minimum Gasteiger partial charge on any atom is -0.291 e. The van der Waals surface area contributed by atoms with E-state index in [2.05, 4.69) is 61.0 Å². The molecular weight excluding hydrogens is 218 g/mol. The van der Waals surface area contributed by atoms with Crippen LogP contribution in [0.5, 0.6) is 0 Å². The molecule has 0 atom stereocenters. The summed E-state index contributed by atoms with van der Waals surface area (Å²) >= 11 is 0. The predicted molar refractivity (Wildman–Crippen MR) is 79.3 cm³/mol. The first-order chi connectivity index (χ1) is 8.83. The molecule has 0 spiro atoms. The highest BCUT2D eigenvalue weighted by Crippen LogP contribution is 2.02. The van der Waals surface area contributed by atoms with Gasteiger partial charge >= 0.3 is 0 Å². The lowest BCUT2D eigenvalue weighted by molar-refractivity contribution is 0.369. The molecule has 1 aromatic rings. The summed E-state index contributed by atoms with van der Waals surface area (Å²) in [5.41, 5.74) is 1.35. The maximum absolute atomic E-state index is 3.27. The molecule has 18 heavy (non-hydrogen) atoms. The average molecular weight is 243 g/mol. The second-order valence-electron chi connectivity index (χ2n) is 4.82. The molecule has 1 heteroatoms. The zero-order valence-electron chi connectivity index (χ0n) is 11.8. The minimum atomic E-state index is 0.864. The number of rotatable bonds is 7. The largest absolute Gasteiger partial charge is 0.291 e. The summed E-state index contributed by atoms with van der Waals surface area (Å²) in [7, 11) is 2.12. The highest BCUT2D eigenvalue weighted by Gasteiger charge is 1.96. The number of unbranched alkanes of at least 4 members (excludes halogenated alkanes) is 4. The van der Waals surface area contributed by atoms with Crippen LogP contribution in [0.15, 0.2) is 30.3 Å². The van der Waals surface area contributed by atoms with E-state index in [1.807, 2.05) is 0 Å². The van der Waals surface area contributed by atoms with Crippen molar-refractivity contribution in [2.45, 2.75) is 45.6 Å². The Balaban J connectivity index is 2.13. The number of hydrogen-bond donors (Lipinski definition) is 0. The van der Waals surface area contributed by atoms with E-state index in [4.69, 9.17) is 0 Å². The van der Waals surface area contributed by atoms with Crippen molar-refractivity contribution in [1.82, 2.24) is 4.90 Å². The number of hydrogen-bond acceptors (Lipinski definition) is 1. The first kappa shape index (κ1) is 14.8. The van der Waals surface area contributed by atoms with Gasteiger partial charge in [0, 0.05) is 13.0 Å². The quantitative estimate of drug-likeness (QED) is 0.515. The van der Waals surface area contributed by atoms with Gasteiger partial charge in [0.2, 0.25) is 0 Å². The fraction of sp³-hybridized carbons (Fsp3) is 0.529. The van der Waals surface area contributed by atoms with Gasteiger partial charge in [-0.2, -0.15) is 0 Å². The Hall–Kier alpha value is -1.26. The molecule has 98 valence electrons. The van der Waals surface area contributed by atoms with E-state index in [0.29, 0.717) is 0 Å². The average Bonchev–Trinajstić information content (AvgIpc) is 2.39. The molecule has 0 aliphatic heterocycles. The van der Waals surface area contributed by atoms with Crippen molar-refractivity contribution in [1.29, 1.82) is 0 Å². The number of benzene rings is 1. The van der Waals surface area contributed by atoms with Crippen molar-refractivity contribution in [3.05, 3.63) is 35.9 Å². The zero-order chi connectivity index (χ0) is 13.1. The molecule has 0 radical (unpaired) electrons. The Bertz CT molecular complexity index is 358. The first-order valence-corrected chi connectivity index (χ1v) is 7.01. The molecule has 0 fully saturated rings. The van der Waals surface area contributed by atoms with Crippen LogP contribution in [0.3, 0.4) is 0 Å². The second kappa shape index (κ2) is 9.74. The topological polar surface area (TPSA) is 3.24 Å². The third-order valence-corrected chi connectivity index (χ3v) is 2.92. The van der Waals surface area contributed by atoms with Crippen LogP contribution in [0.1, 0.15) is 44.6 Å². The smallest absolute Gasteiger partial charge is 0.0601 e. The summed E-state index contributed by atoms with van der Waals surface area (Å²) in [6, 6.07) is 10.5. The maximum atomic E-state index is 3.27. The Morgan fingerprint density at radius 1 is 1.00 bits per heavy atom. The number of nitrogens with zero attached hydrogens (tertiary/aromatic N) is 1. The van der Waals surface area contributed by atoms with Crippen LogP contribution < -0.4 is 0 Å². The Kier molecular flexibility index (Phi) is 8.01. The van der Waals surface area contributed by atoms with Gasteiger partial charge in [0.1, 0.15) is 0 Å². The molecule has 0 amide bonds. The molecule has 0 aliphatic rings. The Morgan fingerprint density at radius 2 is 1.78 bits per heavy atom. The van der Waals surface area contributed by atoms with Crippen LogP contribution in [-0.2, 0) is 6.54 Å². The van der Waals surface area contributed by atoms with Gasteiger partial charge in [-0.05, 0) is 19.0 Å². The molecule has 0 bridgehead atoms. The Morgan fingerprint density at radius 3 is 2.50 bits per heavy atom. The second-order valence-corrected chi connectivity index (χ2v) is 4.82.